The van der Waals surface area contributed by atoms with Gasteiger partial charge in [-0.1, -0.05) is 0 Å². The first-order valence-corrected chi connectivity index (χ1v) is 3.52. The van der Waals surface area contributed by atoms with Crippen LogP contribution in [0.2, 0.25) is 0 Å². The molecule has 3 fully saturated rings. The van der Waals surface area contributed by atoms with E-state index in [-0.39, 0.29) is 23.4 Å². The molecular weight excluding hydrogens is 164 g/mol. The average molecular weight is 177 g/mol. The molecule has 0 aromatic carbocycles. The monoisotopic (exact) mass is 176 g/mol. The van der Waals surface area contributed by atoms with Gasteiger partial charge < -0.3 is 10.5 Å². The number of halogens is 1. The lowest BCUT2D eigenvalue weighted by Gasteiger charge is -2.68. The summed E-state index contributed by atoms with van der Waals surface area (Å²) in [5, 5.41) is 7.27. The Balaban J connectivity index is 0.000000605. The first-order valence-electron chi connectivity index (χ1n) is 3.52. The van der Waals surface area contributed by atoms with Gasteiger partial charge >= 0.3 is 0 Å². The quantitative estimate of drug-likeness (QED) is 0.486. The molecule has 3 rings (SSSR count). The number of methoxy groups -OCH3 is 1. The molecule has 0 radical (unpaired) electrons. The van der Waals surface area contributed by atoms with Crippen molar-refractivity contribution in [3.63, 3.8) is 0 Å². The summed E-state index contributed by atoms with van der Waals surface area (Å²) in [5.74, 6) is 0.353. The zero-order valence-corrected chi connectivity index (χ0v) is 7.33. The van der Waals surface area contributed by atoms with Crippen LogP contribution in [0.3, 0.4) is 0 Å². The maximum atomic E-state index is 7.27. The van der Waals surface area contributed by atoms with Gasteiger partial charge in [-0.15, -0.1) is 12.4 Å². The molecule has 3 saturated carbocycles. The van der Waals surface area contributed by atoms with Crippen molar-refractivity contribution in [2.45, 2.75) is 24.9 Å². The van der Waals surface area contributed by atoms with Crippen LogP contribution in [0.15, 0.2) is 0 Å². The molecule has 0 unspecified atom stereocenters. The average Bonchev–Trinajstić information content (AvgIpc) is 1.57. The fourth-order valence-electron chi connectivity index (χ4n) is 2.20. The highest BCUT2D eigenvalue weighted by atomic mass is 35.5. The van der Waals surface area contributed by atoms with Gasteiger partial charge in [0.25, 0.3) is 0 Å². The minimum Gasteiger partial charge on any atom is -0.387 e. The maximum absolute atomic E-state index is 7.27. The third-order valence-corrected chi connectivity index (χ3v) is 2.99. The molecule has 0 saturated heterocycles. The van der Waals surface area contributed by atoms with Crippen molar-refractivity contribution < 1.29 is 4.74 Å². The van der Waals surface area contributed by atoms with Gasteiger partial charge in [-0.3, -0.25) is 5.41 Å². The van der Waals surface area contributed by atoms with Gasteiger partial charge in [0.1, 0.15) is 0 Å². The highest BCUT2D eigenvalue weighted by Crippen LogP contribution is 2.68. The van der Waals surface area contributed by atoms with Crippen molar-refractivity contribution in [1.82, 2.24) is 0 Å². The Labute approximate surface area is 72.2 Å². The molecule has 0 atom stereocenters. The van der Waals surface area contributed by atoms with E-state index in [0.717, 1.165) is 19.3 Å². The Morgan fingerprint density at radius 3 is 2.18 bits per heavy atom. The summed E-state index contributed by atoms with van der Waals surface area (Å²) >= 11 is 0. The molecule has 0 aliphatic heterocycles. The fraction of sp³-hybridized carbons (Fsp3) is 0.857. The van der Waals surface area contributed by atoms with Crippen LogP contribution in [0.5, 0.6) is 0 Å². The summed E-state index contributed by atoms with van der Waals surface area (Å²) in [7, 11) is 1.74. The number of rotatable bonds is 2. The predicted octanol–water partition coefficient (Wildman–Crippen LogP) is 0.913. The second-order valence-electron chi connectivity index (χ2n) is 3.61. The molecule has 0 aromatic heterocycles. The van der Waals surface area contributed by atoms with E-state index in [1.54, 1.807) is 7.11 Å². The molecule has 0 amide bonds. The van der Waals surface area contributed by atoms with E-state index in [1.165, 1.54) is 0 Å². The lowest BCUT2D eigenvalue weighted by molar-refractivity contribution is -0.241. The van der Waals surface area contributed by atoms with Crippen LogP contribution in [-0.4, -0.2) is 18.5 Å². The minimum absolute atomic E-state index is 0. The molecule has 64 valence electrons. The Morgan fingerprint density at radius 2 is 1.91 bits per heavy atom. The summed E-state index contributed by atoms with van der Waals surface area (Å²) in [6, 6.07) is 0. The van der Waals surface area contributed by atoms with Crippen LogP contribution in [0.4, 0.5) is 0 Å². The van der Waals surface area contributed by atoms with Crippen LogP contribution in [0, 0.1) is 10.8 Å². The lowest BCUT2D eigenvalue weighted by atomic mass is 9.40. The number of nitrogens with two attached hydrogens (primary N) is 1. The first kappa shape index (κ1) is 8.81. The molecule has 4 heteroatoms. The summed E-state index contributed by atoms with van der Waals surface area (Å²) < 4.78 is 5.26. The molecule has 2 bridgehead atoms. The van der Waals surface area contributed by atoms with Crippen LogP contribution in [0.1, 0.15) is 19.3 Å². The van der Waals surface area contributed by atoms with E-state index >= 15 is 0 Å². The number of ether oxygens (including phenoxy) is 1. The summed E-state index contributed by atoms with van der Waals surface area (Å²) in [4.78, 5) is 0. The van der Waals surface area contributed by atoms with E-state index in [2.05, 4.69) is 0 Å². The molecule has 0 aromatic rings. The summed E-state index contributed by atoms with van der Waals surface area (Å²) in [6.07, 6.45) is 2.93. The van der Waals surface area contributed by atoms with Crippen LogP contribution >= 0.6 is 12.4 Å². The predicted molar refractivity (Wildman–Crippen MR) is 45.2 cm³/mol. The molecule has 0 heterocycles. The SMILES string of the molecule is COC12CC(C(=N)N)(C1)C2.Cl. The highest BCUT2D eigenvalue weighted by Gasteiger charge is 2.70. The van der Waals surface area contributed by atoms with Gasteiger partial charge in [0, 0.05) is 12.5 Å². The maximum Gasteiger partial charge on any atom is 0.0972 e. The van der Waals surface area contributed by atoms with E-state index in [9.17, 15) is 0 Å². The van der Waals surface area contributed by atoms with E-state index in [0.29, 0.717) is 5.84 Å². The second kappa shape index (κ2) is 2.11. The minimum atomic E-state index is 0. The van der Waals surface area contributed by atoms with Crippen LogP contribution in [-0.2, 0) is 4.74 Å². The first-order chi connectivity index (χ1) is 4.63. The van der Waals surface area contributed by atoms with Crippen molar-refractivity contribution in [1.29, 1.82) is 5.41 Å². The summed E-state index contributed by atoms with van der Waals surface area (Å²) in [5.41, 5.74) is 5.61. The molecule has 3 aliphatic rings. The van der Waals surface area contributed by atoms with Crippen molar-refractivity contribution in [2.75, 3.05) is 7.11 Å². The van der Waals surface area contributed by atoms with Crippen molar-refractivity contribution >= 4 is 18.2 Å². The number of nitrogens with one attached hydrogen (secondary N) is 1. The second-order valence-corrected chi connectivity index (χ2v) is 3.61. The molecule has 0 spiro atoms. The Kier molecular flexibility index (Phi) is 1.69. The van der Waals surface area contributed by atoms with Gasteiger partial charge in [-0.25, -0.2) is 0 Å². The summed E-state index contributed by atoms with van der Waals surface area (Å²) in [6.45, 7) is 0. The van der Waals surface area contributed by atoms with Crippen LogP contribution < -0.4 is 5.73 Å². The van der Waals surface area contributed by atoms with Gasteiger partial charge in [-0.2, -0.15) is 0 Å². The molecular formula is C7H13ClN2O. The number of hydrogen-bond donors (Lipinski definition) is 2. The molecule has 11 heavy (non-hydrogen) atoms. The third kappa shape index (κ3) is 0.811. The normalized spacial score (nSPS) is 44.8. The van der Waals surface area contributed by atoms with Crippen molar-refractivity contribution in [3.8, 4) is 0 Å². The van der Waals surface area contributed by atoms with E-state index < -0.39 is 0 Å². The van der Waals surface area contributed by atoms with Gasteiger partial charge in [0.15, 0.2) is 0 Å². The van der Waals surface area contributed by atoms with Crippen molar-refractivity contribution in [3.05, 3.63) is 0 Å². The van der Waals surface area contributed by atoms with E-state index in [1.807, 2.05) is 0 Å². The lowest BCUT2D eigenvalue weighted by Crippen LogP contribution is -2.72. The highest BCUT2D eigenvalue weighted by molar-refractivity contribution is 5.87. The zero-order valence-electron chi connectivity index (χ0n) is 6.52. The zero-order chi connectivity index (χ0) is 7.41. The van der Waals surface area contributed by atoms with Gasteiger partial charge in [0.05, 0.1) is 11.4 Å². The third-order valence-electron chi connectivity index (χ3n) is 2.99. The number of amidine groups is 1. The molecule has 3 N–H and O–H groups in total. The smallest absolute Gasteiger partial charge is 0.0972 e. The van der Waals surface area contributed by atoms with Gasteiger partial charge in [0.2, 0.25) is 0 Å². The Bertz CT molecular complexity index is 185. The fourth-order valence-corrected chi connectivity index (χ4v) is 2.20. The number of hydrogen-bond acceptors (Lipinski definition) is 2. The Hall–Kier alpha value is -0.280. The van der Waals surface area contributed by atoms with Crippen LogP contribution in [0.25, 0.3) is 0 Å². The topological polar surface area (TPSA) is 59.1 Å². The standard InChI is InChI=1S/C7H12N2O.ClH/c1-10-7-2-6(3-7,4-7)5(8)9;/h2-4H2,1H3,(H3,8,9);1H. The Morgan fingerprint density at radius 1 is 1.45 bits per heavy atom. The largest absolute Gasteiger partial charge is 0.387 e. The molecule has 3 nitrogen and oxygen atoms in total. The molecule has 3 aliphatic carbocycles. The van der Waals surface area contributed by atoms with Gasteiger partial charge in [-0.05, 0) is 19.3 Å². The van der Waals surface area contributed by atoms with E-state index in [4.69, 9.17) is 15.9 Å². The van der Waals surface area contributed by atoms with Crippen molar-refractivity contribution in [2.24, 2.45) is 11.1 Å².